The van der Waals surface area contributed by atoms with Crippen LogP contribution in [0.15, 0.2) is 42.5 Å². The number of carbonyl (C=O) groups is 2. The number of anilines is 1. The highest BCUT2D eigenvalue weighted by Gasteiger charge is 2.32. The lowest BCUT2D eigenvalue weighted by atomic mass is 9.91. The molecule has 1 aliphatic heterocycles. The lowest BCUT2D eigenvalue weighted by Crippen LogP contribution is -2.43. The molecule has 7 heteroatoms. The number of methoxy groups -OCH3 is 1. The van der Waals surface area contributed by atoms with Crippen molar-refractivity contribution in [2.24, 2.45) is 0 Å². The minimum Gasteiger partial charge on any atom is -0.495 e. The van der Waals surface area contributed by atoms with Gasteiger partial charge in [0.25, 0.3) is 0 Å². The molecule has 2 aromatic carbocycles. The molecule has 136 valence electrons. The quantitative estimate of drug-likeness (QED) is 0.849. The highest BCUT2D eigenvalue weighted by atomic mass is 35.5. The number of rotatable bonds is 4. The first-order chi connectivity index (χ1) is 12.5. The first-order valence-electron chi connectivity index (χ1n) is 8.20. The Bertz CT molecular complexity index is 840. The van der Waals surface area contributed by atoms with Crippen molar-refractivity contribution in [3.8, 4) is 5.75 Å². The van der Waals surface area contributed by atoms with Crippen LogP contribution in [0.1, 0.15) is 23.6 Å². The maximum absolute atomic E-state index is 12.9. The molecule has 0 saturated heterocycles. The summed E-state index contributed by atoms with van der Waals surface area (Å²) in [4.78, 5) is 25.8. The molecule has 2 aromatic rings. The fourth-order valence-corrected chi connectivity index (χ4v) is 3.42. The van der Waals surface area contributed by atoms with Gasteiger partial charge in [-0.3, -0.25) is 4.79 Å². The van der Waals surface area contributed by atoms with Crippen LogP contribution < -0.4 is 10.1 Å². The van der Waals surface area contributed by atoms with E-state index >= 15 is 0 Å². The van der Waals surface area contributed by atoms with E-state index < -0.39 is 12.0 Å². The van der Waals surface area contributed by atoms with Gasteiger partial charge in [0.15, 0.2) is 0 Å². The standard InChI is InChI=1S/C19H19ClN2O4/c1-26-17-7-6-13(20)10-15(17)21-19(25)22-9-8-12-4-2-3-5-14(12)16(22)11-18(23)24/h2-7,10,16H,8-9,11H2,1H3,(H,21,25)(H,23,24). The molecule has 1 unspecified atom stereocenters. The number of fused-ring (bicyclic) bond motifs is 1. The molecule has 26 heavy (non-hydrogen) atoms. The lowest BCUT2D eigenvalue weighted by Gasteiger charge is -2.36. The molecule has 3 rings (SSSR count). The molecule has 0 aliphatic carbocycles. The second-order valence-electron chi connectivity index (χ2n) is 6.03. The number of ether oxygens (including phenoxy) is 1. The van der Waals surface area contributed by atoms with Crippen molar-refractivity contribution in [2.45, 2.75) is 18.9 Å². The summed E-state index contributed by atoms with van der Waals surface area (Å²) in [7, 11) is 1.50. The average molecular weight is 375 g/mol. The van der Waals surface area contributed by atoms with Crippen molar-refractivity contribution in [3.63, 3.8) is 0 Å². The Balaban J connectivity index is 1.88. The third-order valence-corrected chi connectivity index (χ3v) is 4.68. The Morgan fingerprint density at radius 1 is 1.31 bits per heavy atom. The van der Waals surface area contributed by atoms with Crippen molar-refractivity contribution >= 4 is 29.3 Å². The van der Waals surface area contributed by atoms with Crippen LogP contribution >= 0.6 is 11.6 Å². The summed E-state index contributed by atoms with van der Waals surface area (Å²) >= 11 is 6.01. The van der Waals surface area contributed by atoms with Crippen LogP contribution in [-0.4, -0.2) is 35.7 Å². The first kappa shape index (κ1) is 18.1. The highest BCUT2D eigenvalue weighted by Crippen LogP contribution is 2.34. The number of amides is 2. The SMILES string of the molecule is COc1ccc(Cl)cc1NC(=O)N1CCc2ccccc2C1CC(=O)O. The molecule has 0 bridgehead atoms. The van der Waals surface area contributed by atoms with E-state index in [-0.39, 0.29) is 12.5 Å². The maximum atomic E-state index is 12.9. The van der Waals surface area contributed by atoms with E-state index in [9.17, 15) is 14.7 Å². The first-order valence-corrected chi connectivity index (χ1v) is 8.58. The number of nitrogens with zero attached hydrogens (tertiary/aromatic N) is 1. The van der Waals surface area contributed by atoms with Crippen LogP contribution in [0.3, 0.4) is 0 Å². The number of aliphatic carboxylic acids is 1. The zero-order chi connectivity index (χ0) is 18.7. The van der Waals surface area contributed by atoms with E-state index in [4.69, 9.17) is 16.3 Å². The summed E-state index contributed by atoms with van der Waals surface area (Å²) in [5.41, 5.74) is 2.38. The number of urea groups is 1. The Morgan fingerprint density at radius 3 is 2.81 bits per heavy atom. The molecule has 2 amide bonds. The number of carboxylic acids is 1. The third kappa shape index (κ3) is 3.75. The van der Waals surface area contributed by atoms with Crippen LogP contribution in [0.5, 0.6) is 5.75 Å². The monoisotopic (exact) mass is 374 g/mol. The lowest BCUT2D eigenvalue weighted by molar-refractivity contribution is -0.138. The van der Waals surface area contributed by atoms with Gasteiger partial charge in [-0.2, -0.15) is 0 Å². The fourth-order valence-electron chi connectivity index (χ4n) is 3.25. The molecular weight excluding hydrogens is 356 g/mol. The normalized spacial score (nSPS) is 15.9. The van der Waals surface area contributed by atoms with Gasteiger partial charge in [-0.1, -0.05) is 35.9 Å². The van der Waals surface area contributed by atoms with Gasteiger partial charge >= 0.3 is 12.0 Å². The molecule has 0 radical (unpaired) electrons. The van der Waals surface area contributed by atoms with E-state index in [0.717, 1.165) is 11.1 Å². The van der Waals surface area contributed by atoms with Gasteiger partial charge in [-0.05, 0) is 35.7 Å². The Hall–Kier alpha value is -2.73. The number of halogens is 1. The van der Waals surface area contributed by atoms with Crippen molar-refractivity contribution in [1.82, 2.24) is 4.90 Å². The molecule has 0 aromatic heterocycles. The average Bonchev–Trinajstić information content (AvgIpc) is 2.61. The van der Waals surface area contributed by atoms with E-state index in [1.807, 2.05) is 24.3 Å². The van der Waals surface area contributed by atoms with Gasteiger partial charge < -0.3 is 20.1 Å². The van der Waals surface area contributed by atoms with Crippen LogP contribution in [0.2, 0.25) is 5.02 Å². The maximum Gasteiger partial charge on any atom is 0.322 e. The number of carboxylic acid groups (broad SMARTS) is 1. The molecule has 1 aliphatic rings. The van der Waals surface area contributed by atoms with Crippen molar-refractivity contribution in [2.75, 3.05) is 19.0 Å². The predicted octanol–water partition coefficient (Wildman–Crippen LogP) is 3.95. The second-order valence-corrected chi connectivity index (χ2v) is 6.47. The van der Waals surface area contributed by atoms with Gasteiger partial charge in [0.2, 0.25) is 0 Å². The molecule has 1 atom stereocenters. The smallest absolute Gasteiger partial charge is 0.322 e. The minimum atomic E-state index is -0.954. The summed E-state index contributed by atoms with van der Waals surface area (Å²) < 4.78 is 5.25. The van der Waals surface area contributed by atoms with Crippen LogP contribution in [0.4, 0.5) is 10.5 Å². The Kier molecular flexibility index (Phi) is 5.32. The van der Waals surface area contributed by atoms with E-state index in [2.05, 4.69) is 5.32 Å². The van der Waals surface area contributed by atoms with Crippen LogP contribution in [0.25, 0.3) is 0 Å². The molecule has 6 nitrogen and oxygen atoms in total. The van der Waals surface area contributed by atoms with Gasteiger partial charge in [0, 0.05) is 11.6 Å². The number of carbonyl (C=O) groups excluding carboxylic acids is 1. The molecule has 1 heterocycles. The summed E-state index contributed by atoms with van der Waals surface area (Å²) in [5, 5.41) is 12.6. The fraction of sp³-hybridized carbons (Fsp3) is 0.263. The van der Waals surface area contributed by atoms with Crippen LogP contribution in [0, 0.1) is 0 Å². The minimum absolute atomic E-state index is 0.156. The number of hydrogen-bond donors (Lipinski definition) is 2. The predicted molar refractivity (Wildman–Crippen MR) is 98.9 cm³/mol. The highest BCUT2D eigenvalue weighted by molar-refractivity contribution is 6.31. The van der Waals surface area contributed by atoms with Gasteiger partial charge in [0.05, 0.1) is 25.3 Å². The summed E-state index contributed by atoms with van der Waals surface area (Å²) in [5.74, 6) is -0.472. The summed E-state index contributed by atoms with van der Waals surface area (Å²) in [6, 6.07) is 11.6. The zero-order valence-corrected chi connectivity index (χ0v) is 15.0. The number of nitrogens with one attached hydrogen (secondary N) is 1. The second kappa shape index (κ2) is 7.66. The third-order valence-electron chi connectivity index (χ3n) is 4.44. The number of benzene rings is 2. The topological polar surface area (TPSA) is 78.9 Å². The van der Waals surface area contributed by atoms with Crippen molar-refractivity contribution in [1.29, 1.82) is 0 Å². The molecule has 0 spiro atoms. The van der Waals surface area contributed by atoms with Gasteiger partial charge in [-0.15, -0.1) is 0 Å². The van der Waals surface area contributed by atoms with E-state index in [1.54, 1.807) is 23.1 Å². The largest absolute Gasteiger partial charge is 0.495 e. The zero-order valence-electron chi connectivity index (χ0n) is 14.2. The van der Waals surface area contributed by atoms with Crippen molar-refractivity contribution in [3.05, 3.63) is 58.6 Å². The van der Waals surface area contributed by atoms with Crippen LogP contribution in [-0.2, 0) is 11.2 Å². The van der Waals surface area contributed by atoms with Gasteiger partial charge in [0.1, 0.15) is 5.75 Å². The van der Waals surface area contributed by atoms with Gasteiger partial charge in [-0.25, -0.2) is 4.79 Å². The Labute approximate surface area is 156 Å². The van der Waals surface area contributed by atoms with E-state index in [0.29, 0.717) is 29.4 Å². The molecule has 2 N–H and O–H groups in total. The Morgan fingerprint density at radius 2 is 2.08 bits per heavy atom. The summed E-state index contributed by atoms with van der Waals surface area (Å²) in [6.07, 6.45) is 0.517. The molecule has 0 saturated carbocycles. The molecule has 0 fully saturated rings. The van der Waals surface area contributed by atoms with E-state index in [1.165, 1.54) is 7.11 Å². The van der Waals surface area contributed by atoms with Crippen molar-refractivity contribution < 1.29 is 19.4 Å². The molecular formula is C19H19ClN2O4. The summed E-state index contributed by atoms with van der Waals surface area (Å²) in [6.45, 7) is 0.434. The number of hydrogen-bond acceptors (Lipinski definition) is 3.